The van der Waals surface area contributed by atoms with Gasteiger partial charge in [0.1, 0.15) is 27.6 Å². The van der Waals surface area contributed by atoms with E-state index in [1.165, 1.54) is 18.4 Å². The first-order valence-electron chi connectivity index (χ1n) is 17.5. The largest absolute Gasteiger partial charge is 0.494 e. The van der Waals surface area contributed by atoms with E-state index >= 15 is 0 Å². The number of morpholine rings is 1. The molecule has 7 N–H and O–H groups in total. The van der Waals surface area contributed by atoms with Gasteiger partial charge in [-0.05, 0) is 44.0 Å². The summed E-state index contributed by atoms with van der Waals surface area (Å²) in [4.78, 5) is 52.0. The van der Waals surface area contributed by atoms with E-state index < -0.39 is 18.1 Å². The van der Waals surface area contributed by atoms with Crippen LogP contribution in [0.5, 0.6) is 11.5 Å². The van der Waals surface area contributed by atoms with Crippen molar-refractivity contribution in [2.24, 2.45) is 11.5 Å². The number of nitrogens with zero attached hydrogens (tertiary/aromatic N) is 5. The monoisotopic (exact) mass is 746 g/mol. The van der Waals surface area contributed by atoms with E-state index in [4.69, 9.17) is 30.7 Å². The van der Waals surface area contributed by atoms with Crippen LogP contribution < -0.4 is 41.8 Å². The summed E-state index contributed by atoms with van der Waals surface area (Å²) in [6, 6.07) is 6.57. The van der Waals surface area contributed by atoms with Crippen molar-refractivity contribution in [1.82, 2.24) is 24.8 Å². The highest BCUT2D eigenvalue weighted by atomic mass is 32.1. The number of benzene rings is 2. The van der Waals surface area contributed by atoms with Crippen LogP contribution in [0.1, 0.15) is 54.4 Å². The van der Waals surface area contributed by atoms with E-state index in [9.17, 15) is 14.4 Å². The van der Waals surface area contributed by atoms with E-state index in [-0.39, 0.29) is 11.5 Å². The molecule has 282 valence electrons. The first-order chi connectivity index (χ1) is 25.6. The number of hydrogen-bond acceptors (Lipinski definition) is 13. The maximum absolute atomic E-state index is 13.6. The number of primary amides is 2. The lowest BCUT2D eigenvalue weighted by atomic mass is 10.1. The molecule has 0 saturated carbocycles. The fourth-order valence-electron chi connectivity index (χ4n) is 6.57. The Labute approximate surface area is 311 Å². The Morgan fingerprint density at radius 3 is 2.47 bits per heavy atom. The third-order valence-corrected chi connectivity index (χ3v) is 10.1. The highest BCUT2D eigenvalue weighted by Crippen LogP contribution is 2.43. The van der Waals surface area contributed by atoms with Gasteiger partial charge < -0.3 is 51.1 Å². The Morgan fingerprint density at radius 1 is 1.06 bits per heavy atom. The molecule has 0 aliphatic carbocycles. The molecule has 2 aromatic heterocycles. The fourth-order valence-corrected chi connectivity index (χ4v) is 7.48. The first kappa shape index (κ1) is 37.4. The van der Waals surface area contributed by atoms with E-state index in [0.717, 1.165) is 55.5 Å². The van der Waals surface area contributed by atoms with Crippen molar-refractivity contribution in [3.05, 3.63) is 63.1 Å². The summed E-state index contributed by atoms with van der Waals surface area (Å²) in [6.45, 7) is 9.15. The Bertz CT molecular complexity index is 2020. The van der Waals surface area contributed by atoms with E-state index in [0.29, 0.717) is 70.9 Å². The third-order valence-electron chi connectivity index (χ3n) is 9.14. The molecule has 1 fully saturated rings. The summed E-state index contributed by atoms with van der Waals surface area (Å²) in [6.07, 6.45) is 4.69. The Hall–Kier alpha value is -5.39. The van der Waals surface area contributed by atoms with Crippen LogP contribution >= 0.6 is 11.3 Å². The molecule has 4 heterocycles. The van der Waals surface area contributed by atoms with Crippen LogP contribution in [0.3, 0.4) is 0 Å². The molecule has 2 aliphatic heterocycles. The number of carbonyl (C=O) groups is 3. The molecule has 0 bridgehead atoms. The highest BCUT2D eigenvalue weighted by molar-refractivity contribution is 7.13. The Morgan fingerprint density at radius 2 is 1.77 bits per heavy atom. The molecule has 0 spiro atoms. The number of anilines is 3. The molecule has 4 aromatic rings. The molecule has 1 saturated heterocycles. The summed E-state index contributed by atoms with van der Waals surface area (Å²) in [5.41, 5.74) is 15.2. The molecular formula is C36H46N10O6S. The van der Waals surface area contributed by atoms with Crippen molar-refractivity contribution >= 4 is 57.4 Å². The number of thiazole rings is 1. The van der Waals surface area contributed by atoms with Crippen molar-refractivity contribution in [1.29, 1.82) is 0 Å². The number of hydrogen-bond donors (Lipinski definition) is 5. The van der Waals surface area contributed by atoms with Crippen LogP contribution in [-0.4, -0.2) is 104 Å². The second-order valence-corrected chi connectivity index (χ2v) is 13.8. The van der Waals surface area contributed by atoms with Crippen LogP contribution in [0.2, 0.25) is 0 Å². The summed E-state index contributed by atoms with van der Waals surface area (Å²) < 4.78 is 19.4. The Balaban J connectivity index is 1.25. The molecular weight excluding hydrogens is 701 g/mol. The highest BCUT2D eigenvalue weighted by Gasteiger charge is 2.34. The number of aromatic nitrogens is 3. The van der Waals surface area contributed by atoms with Gasteiger partial charge in [-0.2, -0.15) is 0 Å². The minimum Gasteiger partial charge on any atom is -0.494 e. The maximum atomic E-state index is 13.6. The zero-order valence-electron chi connectivity index (χ0n) is 30.4. The number of carbonyl (C=O) groups excluding carboxylic acids is 3. The van der Waals surface area contributed by atoms with Crippen molar-refractivity contribution < 1.29 is 28.6 Å². The number of ether oxygens (including phenoxy) is 3. The lowest BCUT2D eigenvalue weighted by Gasteiger charge is -2.27. The van der Waals surface area contributed by atoms with Gasteiger partial charge in [0.2, 0.25) is 17.8 Å². The summed E-state index contributed by atoms with van der Waals surface area (Å²) in [7, 11) is 3.30. The third kappa shape index (κ3) is 8.16. The van der Waals surface area contributed by atoms with Crippen molar-refractivity contribution in [3.63, 3.8) is 0 Å². The standard InChI is InChI=1S/C36H46N10O6S/c1-5-24-31(53-21(2)40-24)34(49)43-36-42-25-17-22(32(37)47)19-27(50-4)29(25)46(36)11-7-6-10-45-30-26(41-35(45)39-3)18-23(33(38)48)20-28(30)52-14-8-9-44-12-15-51-16-13-44/h6-7,17-20,36,42H,5,8-16H2,1-4H3,(H2,37,47)(H2,38,48)(H,39,41)(H,43,49)/b7-6+. The topological polar surface area (TPSA) is 204 Å². The molecule has 3 amide bonds. The SMILES string of the molecule is CCc1nc(C)sc1C(=O)NC1Nc2cc(C(N)=O)cc(OC)c2N1C/C=C/Cn1c(NC)nc2cc(C(N)=O)cc(OCCCN3CCOCC3)c21. The minimum atomic E-state index is -0.682. The minimum absolute atomic E-state index is 0.267. The van der Waals surface area contributed by atoms with Crippen molar-refractivity contribution in [2.75, 3.05) is 75.7 Å². The van der Waals surface area contributed by atoms with Gasteiger partial charge in [-0.25, -0.2) is 9.97 Å². The van der Waals surface area contributed by atoms with E-state index in [2.05, 4.69) is 25.8 Å². The molecule has 1 unspecified atom stereocenters. The number of imidazole rings is 1. The van der Waals surface area contributed by atoms with Crippen LogP contribution in [0.4, 0.5) is 17.3 Å². The number of aryl methyl sites for hydroxylation is 2. The number of rotatable bonds is 16. The van der Waals surface area contributed by atoms with Gasteiger partial charge in [0, 0.05) is 50.9 Å². The molecule has 1 atom stereocenters. The van der Waals surface area contributed by atoms with Crippen LogP contribution in [-0.2, 0) is 17.7 Å². The van der Waals surface area contributed by atoms with Gasteiger partial charge in [0.15, 0.2) is 6.29 Å². The number of nitrogens with one attached hydrogen (secondary N) is 3. The van der Waals surface area contributed by atoms with Crippen molar-refractivity contribution in [3.8, 4) is 11.5 Å². The second-order valence-electron chi connectivity index (χ2n) is 12.6. The van der Waals surface area contributed by atoms with Crippen LogP contribution in [0.25, 0.3) is 11.0 Å². The lowest BCUT2D eigenvalue weighted by Crippen LogP contribution is -2.50. The van der Waals surface area contributed by atoms with Gasteiger partial charge >= 0.3 is 0 Å². The summed E-state index contributed by atoms with van der Waals surface area (Å²) in [5.74, 6) is 0.0842. The average molecular weight is 747 g/mol. The summed E-state index contributed by atoms with van der Waals surface area (Å²) in [5, 5.41) is 10.4. The van der Waals surface area contributed by atoms with Gasteiger partial charge in [0.25, 0.3) is 5.91 Å². The quantitative estimate of drug-likeness (QED) is 0.0830. The van der Waals surface area contributed by atoms with Crippen molar-refractivity contribution in [2.45, 2.75) is 39.5 Å². The molecule has 16 nitrogen and oxygen atoms in total. The van der Waals surface area contributed by atoms with Crippen LogP contribution in [0.15, 0.2) is 36.4 Å². The number of methoxy groups -OCH3 is 1. The average Bonchev–Trinajstić information content (AvgIpc) is 3.83. The fraction of sp³-hybridized carbons (Fsp3) is 0.417. The zero-order valence-corrected chi connectivity index (χ0v) is 31.2. The first-order valence-corrected chi connectivity index (χ1v) is 18.3. The maximum Gasteiger partial charge on any atom is 0.266 e. The molecule has 2 aliphatic rings. The summed E-state index contributed by atoms with van der Waals surface area (Å²) >= 11 is 1.34. The molecule has 6 rings (SSSR count). The van der Waals surface area contributed by atoms with Crippen LogP contribution in [0, 0.1) is 6.92 Å². The number of fused-ring (bicyclic) bond motifs is 2. The lowest BCUT2D eigenvalue weighted by molar-refractivity contribution is 0.0358. The zero-order chi connectivity index (χ0) is 37.6. The van der Waals surface area contributed by atoms with E-state index in [1.807, 2.05) is 35.5 Å². The number of amides is 3. The second kappa shape index (κ2) is 16.5. The molecule has 53 heavy (non-hydrogen) atoms. The van der Waals surface area contributed by atoms with Gasteiger partial charge in [-0.15, -0.1) is 11.3 Å². The predicted molar refractivity (Wildman–Crippen MR) is 204 cm³/mol. The predicted octanol–water partition coefficient (Wildman–Crippen LogP) is 2.91. The van der Waals surface area contributed by atoms with Gasteiger partial charge in [-0.1, -0.05) is 19.1 Å². The Kier molecular flexibility index (Phi) is 11.6. The molecule has 0 radical (unpaired) electrons. The number of allylic oxidation sites excluding steroid dienone is 1. The van der Waals surface area contributed by atoms with Gasteiger partial charge in [0.05, 0.1) is 48.8 Å². The van der Waals surface area contributed by atoms with Gasteiger partial charge in [-0.3, -0.25) is 19.3 Å². The molecule has 2 aromatic carbocycles. The normalized spacial score (nSPS) is 15.8. The molecule has 17 heteroatoms. The number of nitrogens with two attached hydrogens (primary N) is 2. The van der Waals surface area contributed by atoms with E-state index in [1.54, 1.807) is 31.3 Å². The smallest absolute Gasteiger partial charge is 0.266 e.